The molecule has 0 unspecified atom stereocenters. The minimum atomic E-state index is -5.72. The summed E-state index contributed by atoms with van der Waals surface area (Å²) in [6.45, 7) is 2.08. The third-order valence-corrected chi connectivity index (χ3v) is 7.14. The number of likely N-dealkylation sites (tertiary alicyclic amines) is 1. The lowest BCUT2D eigenvalue weighted by molar-refractivity contribution is -0.0500. The molecule has 4 rings (SSSR count). The van der Waals surface area contributed by atoms with Crippen molar-refractivity contribution in [3.63, 3.8) is 0 Å². The van der Waals surface area contributed by atoms with Gasteiger partial charge in [-0.25, -0.2) is 0 Å². The molecule has 35 heavy (non-hydrogen) atoms. The summed E-state index contributed by atoms with van der Waals surface area (Å²) < 4.78 is 83.6. The van der Waals surface area contributed by atoms with E-state index in [1.807, 2.05) is 24.3 Å². The highest BCUT2D eigenvalue weighted by molar-refractivity contribution is 7.88. The van der Waals surface area contributed by atoms with E-state index >= 15 is 0 Å². The normalized spacial score (nSPS) is 19.1. The van der Waals surface area contributed by atoms with Crippen LogP contribution in [-0.4, -0.2) is 51.2 Å². The van der Waals surface area contributed by atoms with Crippen LogP contribution < -0.4 is 8.92 Å². The summed E-state index contributed by atoms with van der Waals surface area (Å²) in [7, 11) is -5.72. The molecule has 1 saturated heterocycles. The molecule has 1 aliphatic heterocycles. The summed E-state index contributed by atoms with van der Waals surface area (Å²) in [4.78, 5) is 2.20. The van der Waals surface area contributed by atoms with Gasteiger partial charge in [0.25, 0.3) is 0 Å². The zero-order valence-electron chi connectivity index (χ0n) is 19.1. The molecule has 0 N–H and O–H groups in total. The number of hydrogen-bond acceptors (Lipinski definition) is 5. The number of benzene rings is 2. The Labute approximate surface area is 202 Å². The van der Waals surface area contributed by atoms with E-state index in [4.69, 9.17) is 4.74 Å². The van der Waals surface area contributed by atoms with Gasteiger partial charge in [-0.1, -0.05) is 24.3 Å². The van der Waals surface area contributed by atoms with Crippen LogP contribution in [0.15, 0.2) is 48.5 Å². The average Bonchev–Trinajstić information content (AvgIpc) is 3.14. The highest BCUT2D eigenvalue weighted by Gasteiger charge is 2.48. The average molecular weight is 514 g/mol. The van der Waals surface area contributed by atoms with Crippen LogP contribution in [0.1, 0.15) is 42.4 Å². The Morgan fingerprint density at radius 3 is 2.51 bits per heavy atom. The number of fused-ring (bicyclic) bond motifs is 1. The lowest BCUT2D eigenvalue weighted by atomic mass is 9.93. The van der Waals surface area contributed by atoms with E-state index in [0.717, 1.165) is 66.9 Å². The van der Waals surface area contributed by atoms with Crippen LogP contribution in [0.4, 0.5) is 17.6 Å². The molecular weight excluding hydrogens is 486 g/mol. The van der Waals surface area contributed by atoms with Gasteiger partial charge in [0.2, 0.25) is 0 Å². The fourth-order valence-corrected chi connectivity index (χ4v) is 4.92. The monoisotopic (exact) mass is 513 g/mol. The number of alkyl halides is 4. The van der Waals surface area contributed by atoms with Crippen LogP contribution in [0, 0.1) is 0 Å². The van der Waals surface area contributed by atoms with E-state index in [9.17, 15) is 26.0 Å². The summed E-state index contributed by atoms with van der Waals surface area (Å²) in [5.41, 5.74) is -2.09. The number of rotatable bonds is 8. The molecule has 1 aliphatic carbocycles. The van der Waals surface area contributed by atoms with Gasteiger partial charge in [0, 0.05) is 19.6 Å². The van der Waals surface area contributed by atoms with Crippen molar-refractivity contribution in [3.05, 3.63) is 65.2 Å². The van der Waals surface area contributed by atoms with Crippen molar-refractivity contribution in [1.29, 1.82) is 0 Å². The summed E-state index contributed by atoms with van der Waals surface area (Å²) in [6.07, 6.45) is 5.69. The zero-order valence-corrected chi connectivity index (χ0v) is 19.9. The lowest BCUT2D eigenvalue weighted by Crippen LogP contribution is -2.28. The third kappa shape index (κ3) is 6.16. The first-order chi connectivity index (χ1) is 16.7. The molecule has 190 valence electrons. The van der Waals surface area contributed by atoms with E-state index < -0.39 is 15.6 Å². The van der Waals surface area contributed by atoms with Gasteiger partial charge in [0.05, 0.1) is 6.67 Å². The Balaban J connectivity index is 1.48. The first-order valence-electron chi connectivity index (χ1n) is 11.6. The van der Waals surface area contributed by atoms with Gasteiger partial charge in [0.15, 0.2) is 0 Å². The summed E-state index contributed by atoms with van der Waals surface area (Å²) >= 11 is 0. The fraction of sp³-hybridized carbons (Fsp3) is 0.440. The van der Waals surface area contributed by atoms with Crippen molar-refractivity contribution in [3.8, 4) is 11.5 Å². The molecule has 2 aromatic rings. The molecule has 10 heteroatoms. The largest absolute Gasteiger partial charge is 0.534 e. The molecular formula is C25H27F4NO4S. The van der Waals surface area contributed by atoms with Crippen LogP contribution in [0.5, 0.6) is 11.5 Å². The van der Waals surface area contributed by atoms with E-state index in [1.165, 1.54) is 12.1 Å². The zero-order chi connectivity index (χ0) is 25.1. The molecule has 0 spiro atoms. The van der Waals surface area contributed by atoms with E-state index in [2.05, 4.69) is 15.2 Å². The van der Waals surface area contributed by atoms with Crippen molar-refractivity contribution >= 4 is 15.7 Å². The maximum Gasteiger partial charge on any atom is 0.534 e. The van der Waals surface area contributed by atoms with Gasteiger partial charge in [0.1, 0.15) is 17.6 Å². The Bertz CT molecular complexity index is 1160. The predicted molar refractivity (Wildman–Crippen MR) is 125 cm³/mol. The van der Waals surface area contributed by atoms with Crippen molar-refractivity contribution in [2.45, 2.75) is 43.7 Å². The molecule has 2 aliphatic rings. The number of hydrogen-bond donors (Lipinski definition) is 0. The number of allylic oxidation sites excluding steroid dienone is 1. The maximum absolute atomic E-state index is 12.7. The van der Waals surface area contributed by atoms with Crippen LogP contribution >= 0.6 is 0 Å². The van der Waals surface area contributed by atoms with Gasteiger partial charge < -0.3 is 8.92 Å². The molecule has 5 nitrogen and oxygen atoms in total. The minimum Gasteiger partial charge on any atom is -0.489 e. The van der Waals surface area contributed by atoms with Crippen molar-refractivity contribution in [1.82, 2.24) is 4.90 Å². The number of halogens is 4. The molecule has 0 saturated carbocycles. The van der Waals surface area contributed by atoms with Crippen LogP contribution in [0.25, 0.3) is 5.57 Å². The van der Waals surface area contributed by atoms with E-state index in [0.29, 0.717) is 12.8 Å². The molecule has 0 aromatic heterocycles. The van der Waals surface area contributed by atoms with Gasteiger partial charge in [-0.3, -0.25) is 9.29 Å². The van der Waals surface area contributed by atoms with E-state index in [1.54, 1.807) is 6.07 Å². The second-order valence-corrected chi connectivity index (χ2v) is 10.2. The Morgan fingerprint density at radius 1 is 1.06 bits per heavy atom. The quantitative estimate of drug-likeness (QED) is 0.265. The van der Waals surface area contributed by atoms with E-state index in [-0.39, 0.29) is 18.5 Å². The summed E-state index contributed by atoms with van der Waals surface area (Å²) in [5.74, 6) is 0.379. The minimum absolute atomic E-state index is 0.0599. The molecule has 0 radical (unpaired) electrons. The molecule has 1 heterocycles. The third-order valence-electron chi connectivity index (χ3n) is 6.16. The lowest BCUT2D eigenvalue weighted by Gasteiger charge is -2.17. The van der Waals surface area contributed by atoms with Gasteiger partial charge >= 0.3 is 15.6 Å². The topological polar surface area (TPSA) is 55.8 Å². The van der Waals surface area contributed by atoms with Gasteiger partial charge in [-0.05, 0) is 78.6 Å². The Morgan fingerprint density at radius 2 is 1.80 bits per heavy atom. The van der Waals surface area contributed by atoms with Crippen molar-refractivity contribution in [2.75, 3.05) is 26.3 Å². The smallest absolute Gasteiger partial charge is 0.489 e. The Kier molecular flexibility index (Phi) is 7.70. The summed E-state index contributed by atoms with van der Waals surface area (Å²) in [6, 6.07) is 11.9. The predicted octanol–water partition coefficient (Wildman–Crippen LogP) is 5.50. The van der Waals surface area contributed by atoms with Crippen molar-refractivity contribution < 1.29 is 34.9 Å². The van der Waals surface area contributed by atoms with Crippen molar-refractivity contribution in [2.24, 2.45) is 0 Å². The highest BCUT2D eigenvalue weighted by Crippen LogP contribution is 2.35. The highest BCUT2D eigenvalue weighted by atomic mass is 32.2. The number of aryl methyl sites for hydroxylation is 1. The van der Waals surface area contributed by atoms with Crippen LogP contribution in [0.3, 0.4) is 0 Å². The maximum atomic E-state index is 12.7. The SMILES string of the molecule is O=S(=O)(Oc1ccc2c(c1)CCCC=C2c1ccc(O[C@H]2CCN(CCCF)C2)cc1)C(F)(F)F. The molecule has 0 amide bonds. The first-order valence-corrected chi connectivity index (χ1v) is 13.0. The fourth-order valence-electron chi connectivity index (χ4n) is 4.47. The van der Waals surface area contributed by atoms with Gasteiger partial charge in [-0.2, -0.15) is 21.6 Å². The van der Waals surface area contributed by atoms with Crippen LogP contribution in [-0.2, 0) is 16.5 Å². The second kappa shape index (κ2) is 10.6. The van der Waals surface area contributed by atoms with Gasteiger partial charge in [-0.15, -0.1) is 0 Å². The molecule has 2 aromatic carbocycles. The number of ether oxygens (including phenoxy) is 1. The molecule has 1 fully saturated rings. The first kappa shape index (κ1) is 25.5. The molecule has 0 bridgehead atoms. The second-order valence-electron chi connectivity index (χ2n) is 8.71. The Hall–Kier alpha value is -2.59. The summed E-state index contributed by atoms with van der Waals surface area (Å²) in [5, 5.41) is 0. The molecule has 1 atom stereocenters. The van der Waals surface area contributed by atoms with Crippen LogP contribution in [0.2, 0.25) is 0 Å². The number of nitrogens with zero attached hydrogens (tertiary/aromatic N) is 1. The standard InChI is InChI=1S/C25H27F4NO4S/c26-13-3-14-30-15-12-22(17-30)33-20-8-6-18(7-9-20)23-5-2-1-4-19-16-21(10-11-24(19)23)34-35(31,32)25(27,28)29/h5-11,16,22H,1-4,12-15,17H2/t22-/m0/s1.